The molecule has 4 aromatic carbocycles. The van der Waals surface area contributed by atoms with Crippen LogP contribution in [0.1, 0.15) is 111 Å². The van der Waals surface area contributed by atoms with Crippen LogP contribution in [0, 0.1) is 34.6 Å². The second kappa shape index (κ2) is 20.9. The second-order valence-electron chi connectivity index (χ2n) is 21.6. The molecule has 5 aromatic rings. The van der Waals surface area contributed by atoms with Crippen LogP contribution in [0.4, 0.5) is 28.2 Å². The average molecular weight is 1070 g/mol. The van der Waals surface area contributed by atoms with Crippen LogP contribution in [-0.2, 0) is 22.2 Å². The zero-order chi connectivity index (χ0) is 54.0. The van der Waals surface area contributed by atoms with Crippen LogP contribution in [0.3, 0.4) is 0 Å². The van der Waals surface area contributed by atoms with E-state index in [1.165, 1.54) is 33.8 Å². The highest BCUT2D eigenvalue weighted by molar-refractivity contribution is 6.34. The number of imide groups is 1. The SMILES string of the molecule is C[C@H]1CN(C2CCN(C(=O)C3(C)CCC(NC[C@]4(c5ccccc5)Oc5cc(F)c(Cl)c(-c6c(C(N)=O)ccc(OCCO)c6F)c5[C@@H]4C)CC3)CC2)CC[C@H]1c1c(F)cc2c(N3CCC(=O)NC3=O)nn(C)c2c1F. The third-order valence-electron chi connectivity index (χ3n) is 17.1. The molecule has 0 spiro atoms. The topological polar surface area (TPSA) is 185 Å². The van der Waals surface area contributed by atoms with E-state index in [0.717, 1.165) is 18.4 Å². The molecule has 0 radical (unpaired) electrons. The lowest BCUT2D eigenvalue weighted by atomic mass is 9.72. The van der Waals surface area contributed by atoms with E-state index in [0.29, 0.717) is 63.8 Å². The van der Waals surface area contributed by atoms with Crippen molar-refractivity contribution in [1.82, 2.24) is 30.2 Å². The van der Waals surface area contributed by atoms with E-state index in [1.54, 1.807) is 7.05 Å². The molecule has 4 atom stereocenters. The number of amides is 5. The van der Waals surface area contributed by atoms with Crippen LogP contribution in [-0.4, -0.2) is 113 Å². The van der Waals surface area contributed by atoms with Gasteiger partial charge in [-0.2, -0.15) is 5.10 Å². The number of aliphatic hydroxyl groups is 1. The number of carbonyl (C=O) groups is 4. The molecule has 1 saturated carbocycles. The van der Waals surface area contributed by atoms with Gasteiger partial charge in [-0.25, -0.2) is 22.4 Å². The number of urea groups is 1. The number of carbonyl (C=O) groups excluding carboxylic acids is 4. The molecule has 5 amide bonds. The van der Waals surface area contributed by atoms with Crippen molar-refractivity contribution in [3.8, 4) is 22.6 Å². The Morgan fingerprint density at radius 2 is 1.66 bits per heavy atom. The zero-order valence-corrected chi connectivity index (χ0v) is 43.8. The molecular weight excluding hydrogens is 1010 g/mol. The Morgan fingerprint density at radius 1 is 0.934 bits per heavy atom. The first-order valence-electron chi connectivity index (χ1n) is 26.2. The minimum absolute atomic E-state index is 0.00278. The maximum Gasteiger partial charge on any atom is 0.329 e. The quantitative estimate of drug-likeness (QED) is 0.0835. The highest BCUT2D eigenvalue weighted by Gasteiger charge is 2.51. The summed E-state index contributed by atoms with van der Waals surface area (Å²) in [6, 6.07) is 13.9. The van der Waals surface area contributed by atoms with Gasteiger partial charge in [-0.3, -0.25) is 34.2 Å². The second-order valence-corrected chi connectivity index (χ2v) is 21.9. The Balaban J connectivity index is 0.777. The number of likely N-dealkylation sites (tertiary alicyclic amines) is 2. The van der Waals surface area contributed by atoms with Gasteiger partial charge in [-0.1, -0.05) is 62.7 Å². The van der Waals surface area contributed by atoms with E-state index < -0.39 is 69.7 Å². The van der Waals surface area contributed by atoms with E-state index in [-0.39, 0.29) is 106 Å². The largest absolute Gasteiger partial charge is 0.488 e. The number of nitrogens with one attached hydrogen (secondary N) is 2. The Bertz CT molecular complexity index is 3110. The summed E-state index contributed by atoms with van der Waals surface area (Å²) in [4.78, 5) is 57.2. The molecule has 4 aliphatic heterocycles. The summed E-state index contributed by atoms with van der Waals surface area (Å²) in [5.74, 6) is -5.60. The number of anilines is 1. The summed E-state index contributed by atoms with van der Waals surface area (Å²) in [5.41, 5.74) is 4.68. The molecule has 5 N–H and O–H groups in total. The fourth-order valence-electron chi connectivity index (χ4n) is 12.9. The number of rotatable bonds is 13. The molecule has 5 heterocycles. The molecular formula is C56H63ClF4N8O7. The summed E-state index contributed by atoms with van der Waals surface area (Å²) in [6.07, 6.45) is 4.84. The summed E-state index contributed by atoms with van der Waals surface area (Å²) < 4.78 is 78.6. The van der Waals surface area contributed by atoms with Gasteiger partial charge in [0.2, 0.25) is 17.7 Å². The van der Waals surface area contributed by atoms with Crippen molar-refractivity contribution in [1.29, 1.82) is 0 Å². The molecule has 20 heteroatoms. The molecule has 15 nitrogen and oxygen atoms in total. The van der Waals surface area contributed by atoms with Crippen molar-refractivity contribution in [3.63, 3.8) is 0 Å². The highest BCUT2D eigenvalue weighted by Crippen LogP contribution is 2.57. The van der Waals surface area contributed by atoms with Crippen molar-refractivity contribution in [2.45, 2.75) is 102 Å². The Labute approximate surface area is 443 Å². The number of primary amides is 1. The lowest BCUT2D eigenvalue weighted by Crippen LogP contribution is -2.54. The molecule has 1 aromatic heterocycles. The van der Waals surface area contributed by atoms with Crippen LogP contribution in [0.25, 0.3) is 22.0 Å². The van der Waals surface area contributed by atoms with Crippen LogP contribution < -0.4 is 30.7 Å². The van der Waals surface area contributed by atoms with Gasteiger partial charge < -0.3 is 30.5 Å². The number of halogens is 5. The van der Waals surface area contributed by atoms with E-state index >= 15 is 17.6 Å². The summed E-state index contributed by atoms with van der Waals surface area (Å²) in [5, 5.41) is 19.5. The number of nitrogens with zero attached hydrogens (tertiary/aromatic N) is 5. The minimum Gasteiger partial charge on any atom is -0.488 e. The van der Waals surface area contributed by atoms with E-state index in [9.17, 15) is 24.3 Å². The fraction of sp³-hybridized carbons (Fsp3) is 0.482. The predicted octanol–water partition coefficient (Wildman–Crippen LogP) is 8.41. The Kier molecular flexibility index (Phi) is 14.6. The predicted molar refractivity (Wildman–Crippen MR) is 277 cm³/mol. The van der Waals surface area contributed by atoms with Gasteiger partial charge in [-0.15, -0.1) is 0 Å². The lowest BCUT2D eigenvalue weighted by molar-refractivity contribution is -0.145. The molecule has 76 heavy (non-hydrogen) atoms. The smallest absolute Gasteiger partial charge is 0.329 e. The maximum absolute atomic E-state index is 16.5. The summed E-state index contributed by atoms with van der Waals surface area (Å²) in [6.45, 7) is 8.13. The monoisotopic (exact) mass is 1070 g/mol. The number of aliphatic hydroxyl groups excluding tert-OH is 1. The Morgan fingerprint density at radius 3 is 2.33 bits per heavy atom. The van der Waals surface area contributed by atoms with Crippen molar-refractivity contribution >= 4 is 52.1 Å². The van der Waals surface area contributed by atoms with E-state index in [1.807, 2.05) is 56.0 Å². The molecule has 0 unspecified atom stereocenters. The molecule has 1 aliphatic carbocycles. The number of hydrogen-bond donors (Lipinski definition) is 4. The van der Waals surface area contributed by atoms with Crippen molar-refractivity contribution in [2.24, 2.45) is 24.1 Å². The highest BCUT2D eigenvalue weighted by atomic mass is 35.5. The molecule has 404 valence electrons. The van der Waals surface area contributed by atoms with Gasteiger partial charge in [0.05, 0.1) is 22.6 Å². The van der Waals surface area contributed by atoms with Gasteiger partial charge in [0.15, 0.2) is 28.8 Å². The normalized spacial score (nSPS) is 25.4. The first-order chi connectivity index (χ1) is 36.3. The number of hydrogen-bond acceptors (Lipinski definition) is 10. The number of piperidine rings is 2. The van der Waals surface area contributed by atoms with Crippen LogP contribution in [0.15, 0.2) is 54.6 Å². The van der Waals surface area contributed by atoms with Gasteiger partial charge in [0, 0.05) is 97.9 Å². The van der Waals surface area contributed by atoms with Gasteiger partial charge in [-0.05, 0) is 87.1 Å². The number of benzene rings is 4. The van der Waals surface area contributed by atoms with Crippen LogP contribution in [0.2, 0.25) is 5.02 Å². The van der Waals surface area contributed by atoms with Gasteiger partial charge >= 0.3 is 6.03 Å². The molecule has 5 aliphatic rings. The van der Waals surface area contributed by atoms with E-state index in [4.69, 9.17) is 26.8 Å². The van der Waals surface area contributed by atoms with E-state index in [2.05, 4.69) is 20.6 Å². The lowest BCUT2D eigenvalue weighted by Gasteiger charge is -2.46. The number of fused-ring (bicyclic) bond motifs is 2. The molecule has 10 rings (SSSR count). The summed E-state index contributed by atoms with van der Waals surface area (Å²) in [7, 11) is 1.56. The maximum atomic E-state index is 16.5. The number of aromatic nitrogens is 2. The number of nitrogens with two attached hydrogens (primary N) is 1. The van der Waals surface area contributed by atoms with Gasteiger partial charge in [0.1, 0.15) is 29.5 Å². The average Bonchev–Trinajstić information content (AvgIpc) is 3.95. The summed E-state index contributed by atoms with van der Waals surface area (Å²) >= 11 is 6.73. The minimum atomic E-state index is -1.15. The Hall–Kier alpha value is -6.28. The first-order valence-corrected chi connectivity index (χ1v) is 26.6. The third-order valence-corrected chi connectivity index (χ3v) is 17.4. The van der Waals surface area contributed by atoms with Crippen LogP contribution >= 0.6 is 11.6 Å². The van der Waals surface area contributed by atoms with Gasteiger partial charge in [0.25, 0.3) is 0 Å². The standard InChI is InChI=1S/C56H63ClF4N8O7/c1-30-28-68(22-16-35(30)44-38(58)26-37-50(49(44)61)66(4)65-52(37)69-23-17-42(71)64-54(69)74)34-14-20-67(21-15-34)53(73)55(3)18-12-33(13-19-55)63-29-56(32-8-6-5-7-9-32)31(2)43-41(76-56)27-39(59)47(57)46(43)45-36(51(62)72)10-11-40(48(45)60)75-25-24-70/h5-11,26-27,30-31,33-35,63,70H,12-25,28-29H2,1-4H3,(H2,62,72)(H,64,71,74)/t30-,31-,33?,35+,55?,56-/m0/s1. The first kappa shape index (κ1) is 53.1. The fourth-order valence-corrected chi connectivity index (χ4v) is 13.1. The number of ether oxygens (including phenoxy) is 2. The third kappa shape index (κ3) is 9.33. The van der Waals surface area contributed by atoms with Crippen molar-refractivity contribution < 1.29 is 51.3 Å². The van der Waals surface area contributed by atoms with Crippen molar-refractivity contribution in [2.75, 3.05) is 57.4 Å². The van der Waals surface area contributed by atoms with Crippen LogP contribution in [0.5, 0.6) is 11.5 Å². The van der Waals surface area contributed by atoms with Crippen molar-refractivity contribution in [3.05, 3.63) is 105 Å². The number of aryl methyl sites for hydroxylation is 1. The molecule has 3 saturated heterocycles. The zero-order valence-electron chi connectivity index (χ0n) is 43.0. The molecule has 0 bridgehead atoms. The molecule has 4 fully saturated rings.